The number of carbonyl (C=O) groups excluding carboxylic acids is 1. The zero-order valence-corrected chi connectivity index (χ0v) is 20.2. The average Bonchev–Trinajstić information content (AvgIpc) is 3.14. The van der Waals surface area contributed by atoms with Gasteiger partial charge in [-0.1, -0.05) is 45.1 Å². The summed E-state index contributed by atoms with van der Waals surface area (Å²) in [5.41, 5.74) is 4.61. The van der Waals surface area contributed by atoms with Crippen LogP contribution in [0.3, 0.4) is 0 Å². The Hall–Kier alpha value is -2.56. The molecular weight excluding hydrogens is 396 g/mol. The third kappa shape index (κ3) is 4.35. The standard InChI is InChI=1S/C27H38N4O/c1-6-7-23-8-9-25(32)31(23)24-10-12-27(5,13-11-24)22(4)29-14-16-30(17-15-29)26-21(3)18-20(2)19-28-26/h10-12,18-19,23H,4,6-9,13-17H2,1-3,5H3. The molecule has 1 aromatic rings. The van der Waals surface area contributed by atoms with Crippen molar-refractivity contribution in [1.82, 2.24) is 14.8 Å². The number of rotatable bonds is 6. The highest BCUT2D eigenvalue weighted by atomic mass is 16.2. The van der Waals surface area contributed by atoms with Gasteiger partial charge in [-0.25, -0.2) is 4.98 Å². The zero-order chi connectivity index (χ0) is 22.9. The number of nitrogens with zero attached hydrogens (tertiary/aromatic N) is 4. The molecule has 0 bridgehead atoms. The highest BCUT2D eigenvalue weighted by molar-refractivity contribution is 5.81. The molecule has 2 fully saturated rings. The summed E-state index contributed by atoms with van der Waals surface area (Å²) in [6.07, 6.45) is 13.4. The van der Waals surface area contributed by atoms with Gasteiger partial charge in [0.25, 0.3) is 0 Å². The fourth-order valence-corrected chi connectivity index (χ4v) is 5.41. The summed E-state index contributed by atoms with van der Waals surface area (Å²) >= 11 is 0. The average molecular weight is 435 g/mol. The lowest BCUT2D eigenvalue weighted by Gasteiger charge is -2.43. The summed E-state index contributed by atoms with van der Waals surface area (Å²) in [4.78, 5) is 24.1. The quantitative estimate of drug-likeness (QED) is 0.633. The van der Waals surface area contributed by atoms with Gasteiger partial charge in [0, 0.05) is 61.6 Å². The molecule has 3 heterocycles. The summed E-state index contributed by atoms with van der Waals surface area (Å²) < 4.78 is 0. The number of allylic oxidation sites excluding steroid dienone is 3. The second-order valence-corrected chi connectivity index (χ2v) is 9.90. The number of piperazine rings is 1. The van der Waals surface area contributed by atoms with Crippen molar-refractivity contribution in [1.29, 1.82) is 0 Å². The topological polar surface area (TPSA) is 39.7 Å². The third-order valence-electron chi connectivity index (χ3n) is 7.39. The number of aromatic nitrogens is 1. The van der Waals surface area contributed by atoms with E-state index in [0.29, 0.717) is 12.5 Å². The lowest BCUT2D eigenvalue weighted by Crippen LogP contribution is -2.48. The molecule has 5 heteroatoms. The first kappa shape index (κ1) is 22.6. The van der Waals surface area contributed by atoms with Gasteiger partial charge in [0.2, 0.25) is 5.91 Å². The first-order valence-electron chi connectivity index (χ1n) is 12.2. The first-order chi connectivity index (χ1) is 15.3. The smallest absolute Gasteiger partial charge is 0.227 e. The van der Waals surface area contributed by atoms with Crippen molar-refractivity contribution < 1.29 is 4.79 Å². The minimum absolute atomic E-state index is 0.104. The van der Waals surface area contributed by atoms with Crippen molar-refractivity contribution >= 4 is 11.7 Å². The molecule has 5 nitrogen and oxygen atoms in total. The van der Waals surface area contributed by atoms with Gasteiger partial charge in [0.15, 0.2) is 0 Å². The Balaban J connectivity index is 1.38. The summed E-state index contributed by atoms with van der Waals surface area (Å²) in [6, 6.07) is 2.57. The van der Waals surface area contributed by atoms with Gasteiger partial charge in [0.1, 0.15) is 5.82 Å². The van der Waals surface area contributed by atoms with Gasteiger partial charge < -0.3 is 14.7 Å². The minimum atomic E-state index is -0.104. The summed E-state index contributed by atoms with van der Waals surface area (Å²) in [5.74, 6) is 1.38. The Bertz CT molecular complexity index is 941. The van der Waals surface area contributed by atoms with Crippen LogP contribution < -0.4 is 4.90 Å². The molecule has 2 saturated heterocycles. The van der Waals surface area contributed by atoms with Gasteiger partial charge in [-0.3, -0.25) is 4.79 Å². The van der Waals surface area contributed by atoms with E-state index in [1.54, 1.807) is 0 Å². The molecule has 2 unspecified atom stereocenters. The normalized spacial score (nSPS) is 26.0. The Kier molecular flexibility index (Phi) is 6.45. The van der Waals surface area contributed by atoms with E-state index in [1.807, 2.05) is 6.20 Å². The first-order valence-corrected chi connectivity index (χ1v) is 12.2. The number of anilines is 1. The van der Waals surface area contributed by atoms with Crippen LogP contribution in [0.5, 0.6) is 0 Å². The lowest BCUT2D eigenvalue weighted by molar-refractivity contribution is -0.127. The van der Waals surface area contributed by atoms with E-state index < -0.39 is 0 Å². The van der Waals surface area contributed by atoms with Gasteiger partial charge >= 0.3 is 0 Å². The van der Waals surface area contributed by atoms with Crippen molar-refractivity contribution in [3.05, 3.63) is 59.6 Å². The van der Waals surface area contributed by atoms with Gasteiger partial charge in [0.05, 0.1) is 0 Å². The Morgan fingerprint density at radius 1 is 1.25 bits per heavy atom. The van der Waals surface area contributed by atoms with Crippen LogP contribution in [-0.4, -0.2) is 52.9 Å². The molecule has 0 saturated carbocycles. The van der Waals surface area contributed by atoms with Crippen LogP contribution in [0.25, 0.3) is 0 Å². The van der Waals surface area contributed by atoms with Gasteiger partial charge in [-0.05, 0) is 50.3 Å². The molecule has 0 aromatic carbocycles. The third-order valence-corrected chi connectivity index (χ3v) is 7.39. The number of hydrogen-bond donors (Lipinski definition) is 0. The molecule has 0 spiro atoms. The van der Waals surface area contributed by atoms with Crippen LogP contribution in [0.4, 0.5) is 5.82 Å². The molecule has 2 atom stereocenters. The molecule has 4 rings (SSSR count). The second-order valence-electron chi connectivity index (χ2n) is 9.90. The van der Waals surface area contributed by atoms with Crippen LogP contribution in [0, 0.1) is 19.3 Å². The SMILES string of the molecule is C=C(N1CCN(c2ncc(C)cc2C)CC1)C1(C)C=CC(N2C(=O)CCC2CCC)=CC1. The molecule has 32 heavy (non-hydrogen) atoms. The van der Waals surface area contributed by atoms with Crippen LogP contribution in [0.1, 0.15) is 57.1 Å². The lowest BCUT2D eigenvalue weighted by atomic mass is 9.79. The molecule has 172 valence electrons. The second kappa shape index (κ2) is 9.13. The molecule has 1 amide bonds. The van der Waals surface area contributed by atoms with Crippen molar-refractivity contribution in [3.8, 4) is 0 Å². The number of amides is 1. The van der Waals surface area contributed by atoms with E-state index in [2.05, 4.69) is 78.3 Å². The van der Waals surface area contributed by atoms with E-state index >= 15 is 0 Å². The van der Waals surface area contributed by atoms with E-state index in [1.165, 1.54) is 16.8 Å². The predicted molar refractivity (Wildman–Crippen MR) is 131 cm³/mol. The summed E-state index contributed by atoms with van der Waals surface area (Å²) in [6.45, 7) is 17.0. The van der Waals surface area contributed by atoms with Crippen molar-refractivity contribution in [3.63, 3.8) is 0 Å². The molecule has 0 N–H and O–H groups in total. The van der Waals surface area contributed by atoms with Crippen LogP contribution in [0.15, 0.2) is 48.5 Å². The largest absolute Gasteiger partial charge is 0.371 e. The fourth-order valence-electron chi connectivity index (χ4n) is 5.41. The van der Waals surface area contributed by atoms with Crippen LogP contribution in [-0.2, 0) is 4.79 Å². The maximum absolute atomic E-state index is 12.5. The van der Waals surface area contributed by atoms with Crippen molar-refractivity contribution in [2.45, 2.75) is 65.8 Å². The Morgan fingerprint density at radius 3 is 2.62 bits per heavy atom. The highest BCUT2D eigenvalue weighted by Crippen LogP contribution is 2.40. The maximum atomic E-state index is 12.5. The molecule has 2 aliphatic heterocycles. The molecular formula is C27H38N4O. The number of hydrogen-bond acceptors (Lipinski definition) is 4. The number of aryl methyl sites for hydroxylation is 2. The van der Waals surface area contributed by atoms with E-state index in [9.17, 15) is 4.79 Å². The van der Waals surface area contributed by atoms with Crippen LogP contribution in [0.2, 0.25) is 0 Å². The minimum Gasteiger partial charge on any atom is -0.371 e. The van der Waals surface area contributed by atoms with E-state index in [0.717, 1.165) is 63.4 Å². The van der Waals surface area contributed by atoms with Crippen molar-refractivity contribution in [2.75, 3.05) is 31.1 Å². The van der Waals surface area contributed by atoms with Crippen LogP contribution >= 0.6 is 0 Å². The maximum Gasteiger partial charge on any atom is 0.227 e. The molecule has 3 aliphatic rings. The zero-order valence-electron chi connectivity index (χ0n) is 20.2. The van der Waals surface area contributed by atoms with Gasteiger partial charge in [-0.15, -0.1) is 0 Å². The van der Waals surface area contributed by atoms with Crippen molar-refractivity contribution in [2.24, 2.45) is 5.41 Å². The van der Waals surface area contributed by atoms with Gasteiger partial charge in [-0.2, -0.15) is 0 Å². The Labute approximate surface area is 193 Å². The molecule has 1 aromatic heterocycles. The monoisotopic (exact) mass is 434 g/mol. The van der Waals surface area contributed by atoms with E-state index in [4.69, 9.17) is 0 Å². The Morgan fingerprint density at radius 2 is 2.00 bits per heavy atom. The van der Waals surface area contributed by atoms with E-state index in [-0.39, 0.29) is 11.3 Å². The summed E-state index contributed by atoms with van der Waals surface area (Å²) in [5, 5.41) is 0. The predicted octanol–water partition coefficient (Wildman–Crippen LogP) is 4.98. The number of likely N-dealkylation sites (tertiary alicyclic amines) is 1. The molecule has 0 radical (unpaired) electrons. The number of carbonyl (C=O) groups is 1. The number of pyridine rings is 1. The summed E-state index contributed by atoms with van der Waals surface area (Å²) in [7, 11) is 0. The molecule has 1 aliphatic carbocycles. The highest BCUT2D eigenvalue weighted by Gasteiger charge is 2.36. The fraction of sp³-hybridized carbons (Fsp3) is 0.556.